The number of aliphatic hydroxyl groups excluding tert-OH is 1. The van der Waals surface area contributed by atoms with Gasteiger partial charge in [-0.15, -0.1) is 0 Å². The maximum Gasteiger partial charge on any atom is 0.346 e. The number of carbonyl (C=O) groups is 1. The summed E-state index contributed by atoms with van der Waals surface area (Å²) in [6.07, 6.45) is -0.638. The van der Waals surface area contributed by atoms with E-state index in [1.807, 2.05) is 6.92 Å². The average molecular weight is 160 g/mol. The first kappa shape index (κ1) is 8.29. The Labute approximate surface area is 64.8 Å². The van der Waals surface area contributed by atoms with Crippen molar-refractivity contribution in [2.24, 2.45) is 0 Å². The van der Waals surface area contributed by atoms with E-state index in [1.165, 1.54) is 4.90 Å². The number of hydroxylamine groups is 2. The van der Waals surface area contributed by atoms with Gasteiger partial charge in [-0.2, -0.15) is 5.06 Å². The van der Waals surface area contributed by atoms with E-state index >= 15 is 0 Å². The molecule has 0 bridgehead atoms. The molecule has 1 rings (SSSR count). The van der Waals surface area contributed by atoms with E-state index in [1.54, 1.807) is 0 Å². The molecule has 64 valence electrons. The van der Waals surface area contributed by atoms with Gasteiger partial charge in [0.1, 0.15) is 0 Å². The van der Waals surface area contributed by atoms with Crippen LogP contribution in [0, 0.1) is 0 Å². The first-order valence-corrected chi connectivity index (χ1v) is 3.62. The lowest BCUT2D eigenvalue weighted by Gasteiger charge is -2.34. The van der Waals surface area contributed by atoms with E-state index in [2.05, 4.69) is 0 Å². The minimum Gasteiger partial charge on any atom is -0.371 e. The van der Waals surface area contributed by atoms with Gasteiger partial charge in [-0.1, -0.05) is 0 Å². The summed E-state index contributed by atoms with van der Waals surface area (Å²) in [5.74, 6) is 0. The summed E-state index contributed by atoms with van der Waals surface area (Å²) in [5.41, 5.74) is 0. The van der Waals surface area contributed by atoms with E-state index in [-0.39, 0.29) is 0 Å². The highest BCUT2D eigenvalue weighted by Crippen LogP contribution is 2.10. The fourth-order valence-corrected chi connectivity index (χ4v) is 1.05. The Bertz CT molecular complexity index is 158. The molecule has 0 aliphatic carbocycles. The Morgan fingerprint density at radius 3 is 2.91 bits per heavy atom. The van der Waals surface area contributed by atoms with Crippen LogP contribution in [-0.2, 0) is 0 Å². The Hall–Kier alpha value is -0.810. The summed E-state index contributed by atoms with van der Waals surface area (Å²) in [5, 5.41) is 18.3. The maximum atomic E-state index is 11.0. The number of hydrogen-bond acceptors (Lipinski definition) is 3. The zero-order valence-corrected chi connectivity index (χ0v) is 6.40. The molecule has 0 radical (unpaired) electrons. The topological polar surface area (TPSA) is 64.0 Å². The van der Waals surface area contributed by atoms with E-state index in [0.29, 0.717) is 24.6 Å². The molecule has 0 spiro atoms. The predicted molar refractivity (Wildman–Crippen MR) is 36.9 cm³/mol. The molecule has 1 aliphatic heterocycles. The Morgan fingerprint density at radius 1 is 1.73 bits per heavy atom. The van der Waals surface area contributed by atoms with E-state index in [0.717, 1.165) is 0 Å². The quantitative estimate of drug-likeness (QED) is 0.524. The number of amides is 2. The van der Waals surface area contributed by atoms with Gasteiger partial charge in [-0.05, 0) is 6.92 Å². The van der Waals surface area contributed by atoms with Crippen molar-refractivity contribution in [1.29, 1.82) is 0 Å². The Morgan fingerprint density at radius 2 is 2.36 bits per heavy atom. The second-order valence-corrected chi connectivity index (χ2v) is 2.48. The number of nitrogens with zero attached hydrogens (tertiary/aromatic N) is 2. The van der Waals surface area contributed by atoms with Gasteiger partial charge in [0.25, 0.3) is 0 Å². The Kier molecular flexibility index (Phi) is 2.31. The maximum absolute atomic E-state index is 11.0. The van der Waals surface area contributed by atoms with Crippen molar-refractivity contribution in [2.75, 3.05) is 13.1 Å². The molecule has 1 heterocycles. The highest BCUT2D eigenvalue weighted by Gasteiger charge is 2.29. The van der Waals surface area contributed by atoms with Gasteiger partial charge in [0.2, 0.25) is 0 Å². The predicted octanol–water partition coefficient (Wildman–Crippen LogP) is -0.158. The van der Waals surface area contributed by atoms with Gasteiger partial charge < -0.3 is 10.0 Å². The summed E-state index contributed by atoms with van der Waals surface area (Å²) >= 11 is 0. The zero-order chi connectivity index (χ0) is 8.43. The molecule has 2 N–H and O–H groups in total. The highest BCUT2D eigenvalue weighted by atomic mass is 16.6. The fourth-order valence-electron chi connectivity index (χ4n) is 1.05. The first-order valence-electron chi connectivity index (χ1n) is 3.62. The van der Waals surface area contributed by atoms with Crippen LogP contribution in [0.3, 0.4) is 0 Å². The minimum atomic E-state index is -1.04. The van der Waals surface area contributed by atoms with Crippen molar-refractivity contribution in [1.82, 2.24) is 9.96 Å². The standard InChI is InChI=1S/C6H12N2O3/c1-2-7-4-3-5(9)8(11)6(7)10/h5,9,11H,2-4H2,1H3. The zero-order valence-electron chi connectivity index (χ0n) is 6.40. The van der Waals surface area contributed by atoms with Gasteiger partial charge in [0, 0.05) is 19.5 Å². The highest BCUT2D eigenvalue weighted by molar-refractivity contribution is 5.73. The molecular weight excluding hydrogens is 148 g/mol. The molecule has 5 nitrogen and oxygen atoms in total. The van der Waals surface area contributed by atoms with Crippen molar-refractivity contribution >= 4 is 6.03 Å². The number of hydrogen-bond donors (Lipinski definition) is 2. The van der Waals surface area contributed by atoms with Crippen LogP contribution in [0.5, 0.6) is 0 Å². The minimum absolute atomic E-state index is 0.368. The molecule has 5 heteroatoms. The van der Waals surface area contributed by atoms with Crippen LogP contribution in [0.25, 0.3) is 0 Å². The van der Waals surface area contributed by atoms with Crippen LogP contribution >= 0.6 is 0 Å². The SMILES string of the molecule is CCN1CCC(O)N(O)C1=O. The summed E-state index contributed by atoms with van der Waals surface area (Å²) in [6, 6.07) is -0.522. The van der Waals surface area contributed by atoms with Crippen molar-refractivity contribution in [2.45, 2.75) is 19.6 Å². The van der Waals surface area contributed by atoms with Gasteiger partial charge in [-0.25, -0.2) is 4.79 Å². The summed E-state index contributed by atoms with van der Waals surface area (Å²) in [6.45, 7) is 2.89. The monoisotopic (exact) mass is 160 g/mol. The van der Waals surface area contributed by atoms with Crippen LogP contribution in [0.2, 0.25) is 0 Å². The van der Waals surface area contributed by atoms with Crippen LogP contribution < -0.4 is 0 Å². The molecule has 2 amide bonds. The van der Waals surface area contributed by atoms with Crippen molar-refractivity contribution in [3.05, 3.63) is 0 Å². The molecule has 0 aromatic carbocycles. The van der Waals surface area contributed by atoms with Crippen molar-refractivity contribution < 1.29 is 15.1 Å². The van der Waals surface area contributed by atoms with Gasteiger partial charge in [0.05, 0.1) is 0 Å². The largest absolute Gasteiger partial charge is 0.371 e. The van der Waals surface area contributed by atoms with Crippen molar-refractivity contribution in [3.8, 4) is 0 Å². The fraction of sp³-hybridized carbons (Fsp3) is 0.833. The third-order valence-electron chi connectivity index (χ3n) is 1.79. The summed E-state index contributed by atoms with van der Waals surface area (Å²) < 4.78 is 0. The molecule has 0 aromatic heterocycles. The molecule has 1 atom stereocenters. The number of carbonyl (C=O) groups excluding carboxylic acids is 1. The van der Waals surface area contributed by atoms with Gasteiger partial charge >= 0.3 is 6.03 Å². The molecule has 0 saturated carbocycles. The average Bonchev–Trinajstić information content (AvgIpc) is 2.01. The molecule has 1 unspecified atom stereocenters. The molecule has 0 aromatic rings. The van der Waals surface area contributed by atoms with Crippen LogP contribution in [0.15, 0.2) is 0 Å². The second-order valence-electron chi connectivity index (χ2n) is 2.48. The molecule has 1 fully saturated rings. The lowest BCUT2D eigenvalue weighted by molar-refractivity contribution is -0.177. The van der Waals surface area contributed by atoms with E-state index in [9.17, 15) is 4.79 Å². The molecule has 1 saturated heterocycles. The smallest absolute Gasteiger partial charge is 0.346 e. The number of aliphatic hydroxyl groups is 1. The second kappa shape index (κ2) is 3.06. The summed E-state index contributed by atoms with van der Waals surface area (Å²) in [4.78, 5) is 12.5. The lowest BCUT2D eigenvalue weighted by Crippen LogP contribution is -2.52. The first-order chi connectivity index (χ1) is 5.16. The summed E-state index contributed by atoms with van der Waals surface area (Å²) in [7, 11) is 0. The lowest BCUT2D eigenvalue weighted by atomic mass is 10.3. The normalized spacial score (nSPS) is 26.1. The molecule has 11 heavy (non-hydrogen) atoms. The number of urea groups is 1. The van der Waals surface area contributed by atoms with Gasteiger partial charge in [-0.3, -0.25) is 5.21 Å². The van der Waals surface area contributed by atoms with E-state index in [4.69, 9.17) is 10.3 Å². The molecular formula is C6H12N2O3. The van der Waals surface area contributed by atoms with Crippen molar-refractivity contribution in [3.63, 3.8) is 0 Å². The van der Waals surface area contributed by atoms with Crippen LogP contribution in [0.4, 0.5) is 4.79 Å². The Balaban J connectivity index is 2.59. The third-order valence-corrected chi connectivity index (χ3v) is 1.79. The van der Waals surface area contributed by atoms with Crippen LogP contribution in [0.1, 0.15) is 13.3 Å². The molecule has 1 aliphatic rings. The number of rotatable bonds is 1. The van der Waals surface area contributed by atoms with Crippen LogP contribution in [-0.4, -0.2) is 45.6 Å². The van der Waals surface area contributed by atoms with Gasteiger partial charge in [0.15, 0.2) is 6.23 Å². The third kappa shape index (κ3) is 1.44. The van der Waals surface area contributed by atoms with E-state index < -0.39 is 12.3 Å².